The molecule has 1 heterocycles. The summed E-state index contributed by atoms with van der Waals surface area (Å²) in [5.74, 6) is -0.399. The number of nitrogens with zero attached hydrogens (tertiary/aromatic N) is 1. The monoisotopic (exact) mass is 336 g/mol. The van der Waals surface area contributed by atoms with E-state index in [1.165, 1.54) is 17.0 Å². The number of hydrogen-bond donors (Lipinski definition) is 1. The molecule has 0 spiro atoms. The van der Waals surface area contributed by atoms with Gasteiger partial charge in [-0.1, -0.05) is 15.9 Å². The summed E-state index contributed by atoms with van der Waals surface area (Å²) >= 11 is 2.85. The molecule has 0 saturated carbocycles. The van der Waals surface area contributed by atoms with Crippen LogP contribution in [-0.4, -0.2) is 37.0 Å². The third-order valence-electron chi connectivity index (χ3n) is 3.15. The van der Waals surface area contributed by atoms with Gasteiger partial charge in [0.15, 0.2) is 0 Å². The predicted molar refractivity (Wildman–Crippen MR) is 67.9 cm³/mol. The molecule has 0 aromatic heterocycles. The van der Waals surface area contributed by atoms with Crippen molar-refractivity contribution in [3.8, 4) is 0 Å². The second-order valence-corrected chi connectivity index (χ2v) is 5.27. The van der Waals surface area contributed by atoms with Crippen LogP contribution in [0.25, 0.3) is 0 Å². The van der Waals surface area contributed by atoms with E-state index in [9.17, 15) is 18.0 Å². The van der Waals surface area contributed by atoms with Crippen LogP contribution in [0, 0.1) is 0 Å². The summed E-state index contributed by atoms with van der Waals surface area (Å²) in [6.07, 6.45) is -4.48. The zero-order valence-electron chi connectivity index (χ0n) is 10.1. The van der Waals surface area contributed by atoms with Gasteiger partial charge in [-0.15, -0.1) is 0 Å². The number of benzene rings is 1. The third-order valence-corrected chi connectivity index (χ3v) is 3.84. The lowest BCUT2D eigenvalue weighted by molar-refractivity contribution is -0.138. The average Bonchev–Trinajstić information content (AvgIpc) is 2.24. The van der Waals surface area contributed by atoms with Gasteiger partial charge in [0, 0.05) is 30.2 Å². The summed E-state index contributed by atoms with van der Waals surface area (Å²) in [5.41, 5.74) is -0.789. The number of nitrogens with one attached hydrogen (secondary N) is 1. The van der Waals surface area contributed by atoms with Gasteiger partial charge in [0.1, 0.15) is 0 Å². The lowest BCUT2D eigenvalue weighted by Crippen LogP contribution is -2.57. The van der Waals surface area contributed by atoms with Crippen LogP contribution >= 0.6 is 15.9 Å². The summed E-state index contributed by atoms with van der Waals surface area (Å²) in [6, 6.07) is 3.58. The molecule has 1 amide bonds. The highest BCUT2D eigenvalue weighted by atomic mass is 79.9. The maximum atomic E-state index is 12.8. The standard InChI is InChI=1S/C12H12BrF3N2O/c1-18(8-5-17-6-8)11(19)7-2-3-10(13)9(4-7)12(14,15)16/h2-4,8,17H,5-6H2,1H3. The quantitative estimate of drug-likeness (QED) is 0.900. The molecule has 0 unspecified atom stereocenters. The molecule has 1 saturated heterocycles. The van der Waals surface area contributed by atoms with Gasteiger partial charge in [-0.2, -0.15) is 13.2 Å². The third kappa shape index (κ3) is 2.92. The molecule has 0 radical (unpaired) electrons. The first-order valence-corrected chi connectivity index (χ1v) is 6.44. The van der Waals surface area contributed by atoms with Gasteiger partial charge in [-0.3, -0.25) is 4.79 Å². The highest BCUT2D eigenvalue weighted by molar-refractivity contribution is 9.10. The normalized spacial score (nSPS) is 16.1. The van der Waals surface area contributed by atoms with Crippen LogP contribution in [0.1, 0.15) is 15.9 Å². The average molecular weight is 337 g/mol. The lowest BCUT2D eigenvalue weighted by atomic mass is 10.1. The second kappa shape index (κ2) is 5.13. The molecule has 1 aliphatic heterocycles. The first kappa shape index (κ1) is 14.3. The first-order chi connectivity index (χ1) is 8.80. The zero-order chi connectivity index (χ0) is 14.2. The van der Waals surface area contributed by atoms with Crippen molar-refractivity contribution >= 4 is 21.8 Å². The van der Waals surface area contributed by atoms with Gasteiger partial charge in [0.2, 0.25) is 0 Å². The zero-order valence-corrected chi connectivity index (χ0v) is 11.7. The van der Waals surface area contributed by atoms with Gasteiger partial charge >= 0.3 is 6.18 Å². The fourth-order valence-corrected chi connectivity index (χ4v) is 2.26. The molecule has 1 aromatic rings. The summed E-state index contributed by atoms with van der Waals surface area (Å²) in [5, 5.41) is 3.01. The molecule has 1 N–H and O–H groups in total. The van der Waals surface area contributed by atoms with Crippen molar-refractivity contribution in [3.05, 3.63) is 33.8 Å². The van der Waals surface area contributed by atoms with Gasteiger partial charge in [0.05, 0.1) is 11.6 Å². The Balaban J connectivity index is 2.27. The van der Waals surface area contributed by atoms with Crippen LogP contribution in [0.5, 0.6) is 0 Å². The smallest absolute Gasteiger partial charge is 0.336 e. The molecule has 0 aliphatic carbocycles. The van der Waals surface area contributed by atoms with Crippen LogP contribution in [0.3, 0.4) is 0 Å². The molecule has 7 heteroatoms. The van der Waals surface area contributed by atoms with E-state index < -0.39 is 17.6 Å². The molecular weight excluding hydrogens is 325 g/mol. The number of rotatable bonds is 2. The van der Waals surface area contributed by atoms with Crippen molar-refractivity contribution in [2.75, 3.05) is 20.1 Å². The van der Waals surface area contributed by atoms with Gasteiger partial charge in [-0.25, -0.2) is 0 Å². The van der Waals surface area contributed by atoms with E-state index in [1.807, 2.05) is 0 Å². The fourth-order valence-electron chi connectivity index (χ4n) is 1.79. The molecule has 2 rings (SSSR count). The van der Waals surface area contributed by atoms with Crippen molar-refractivity contribution in [2.45, 2.75) is 12.2 Å². The van der Waals surface area contributed by atoms with E-state index in [0.29, 0.717) is 13.1 Å². The van der Waals surface area contributed by atoms with E-state index in [0.717, 1.165) is 6.07 Å². The molecule has 1 aromatic carbocycles. The Morgan fingerprint density at radius 2 is 2.05 bits per heavy atom. The molecule has 0 atom stereocenters. The topological polar surface area (TPSA) is 32.3 Å². The van der Waals surface area contributed by atoms with Gasteiger partial charge in [-0.05, 0) is 18.2 Å². The SMILES string of the molecule is CN(C(=O)c1ccc(Br)c(C(F)(F)F)c1)C1CNC1. The fraction of sp³-hybridized carbons (Fsp3) is 0.417. The minimum Gasteiger partial charge on any atom is -0.336 e. The number of halogens is 4. The highest BCUT2D eigenvalue weighted by Crippen LogP contribution is 2.35. The Bertz CT molecular complexity index is 500. The minimum atomic E-state index is -4.48. The molecule has 19 heavy (non-hydrogen) atoms. The van der Waals surface area contributed by atoms with E-state index in [1.54, 1.807) is 7.05 Å². The molecule has 1 fully saturated rings. The first-order valence-electron chi connectivity index (χ1n) is 5.65. The molecule has 3 nitrogen and oxygen atoms in total. The lowest BCUT2D eigenvalue weighted by Gasteiger charge is -2.35. The number of amides is 1. The van der Waals surface area contributed by atoms with Crippen LogP contribution in [0.2, 0.25) is 0 Å². The van der Waals surface area contributed by atoms with Crippen molar-refractivity contribution in [3.63, 3.8) is 0 Å². The van der Waals surface area contributed by atoms with E-state index in [-0.39, 0.29) is 16.1 Å². The Hall–Kier alpha value is -1.08. The molecule has 0 bridgehead atoms. The maximum absolute atomic E-state index is 12.8. The van der Waals surface area contributed by atoms with Crippen molar-refractivity contribution in [2.24, 2.45) is 0 Å². The number of hydrogen-bond acceptors (Lipinski definition) is 2. The minimum absolute atomic E-state index is 0.0462. The molecule has 104 valence electrons. The van der Waals surface area contributed by atoms with Gasteiger partial charge < -0.3 is 10.2 Å². The maximum Gasteiger partial charge on any atom is 0.417 e. The summed E-state index contributed by atoms with van der Waals surface area (Å²) in [4.78, 5) is 13.6. The Morgan fingerprint density at radius 1 is 1.42 bits per heavy atom. The van der Waals surface area contributed by atoms with Crippen molar-refractivity contribution in [1.82, 2.24) is 10.2 Å². The highest BCUT2D eigenvalue weighted by Gasteiger charge is 2.34. The Kier molecular flexibility index (Phi) is 3.87. The largest absolute Gasteiger partial charge is 0.417 e. The van der Waals surface area contributed by atoms with Crippen LogP contribution in [0.15, 0.2) is 22.7 Å². The van der Waals surface area contributed by atoms with Gasteiger partial charge in [0.25, 0.3) is 5.91 Å². The van der Waals surface area contributed by atoms with Crippen LogP contribution < -0.4 is 5.32 Å². The Morgan fingerprint density at radius 3 is 2.53 bits per heavy atom. The van der Waals surface area contributed by atoms with Crippen LogP contribution in [-0.2, 0) is 6.18 Å². The van der Waals surface area contributed by atoms with E-state index in [4.69, 9.17) is 0 Å². The Labute approximate surface area is 116 Å². The van der Waals surface area contributed by atoms with E-state index >= 15 is 0 Å². The number of alkyl halides is 3. The summed E-state index contributed by atoms with van der Waals surface area (Å²) in [6.45, 7) is 1.34. The number of carbonyl (C=O) groups is 1. The summed E-state index contributed by atoms with van der Waals surface area (Å²) < 4.78 is 38.2. The molecular formula is C12H12BrF3N2O. The predicted octanol–water partition coefficient (Wildman–Crippen LogP) is 2.51. The summed E-state index contributed by atoms with van der Waals surface area (Å²) in [7, 11) is 1.60. The van der Waals surface area contributed by atoms with Crippen molar-refractivity contribution < 1.29 is 18.0 Å². The van der Waals surface area contributed by atoms with Crippen LogP contribution in [0.4, 0.5) is 13.2 Å². The van der Waals surface area contributed by atoms with Crippen molar-refractivity contribution in [1.29, 1.82) is 0 Å². The number of carbonyl (C=O) groups excluding carboxylic acids is 1. The van der Waals surface area contributed by atoms with E-state index in [2.05, 4.69) is 21.2 Å². The second-order valence-electron chi connectivity index (χ2n) is 4.42. The molecule has 1 aliphatic rings. The number of likely N-dealkylation sites (N-methyl/N-ethyl adjacent to an activating group) is 1.